The fourth-order valence-electron chi connectivity index (χ4n) is 4.14. The smallest absolute Gasteiger partial charge is 0.282 e. The lowest BCUT2D eigenvalue weighted by atomic mass is 10.0. The number of piperidine rings is 1. The molecule has 2 aromatic carbocycles. The van der Waals surface area contributed by atoms with Gasteiger partial charge in [0, 0.05) is 31.3 Å². The molecule has 2 aliphatic heterocycles. The van der Waals surface area contributed by atoms with Gasteiger partial charge in [0.25, 0.3) is 17.5 Å². The van der Waals surface area contributed by atoms with Crippen molar-refractivity contribution >= 4 is 28.8 Å². The summed E-state index contributed by atoms with van der Waals surface area (Å²) < 4.78 is 10.6. The first-order chi connectivity index (χ1) is 15.5. The quantitative estimate of drug-likeness (QED) is 0.388. The zero-order valence-corrected chi connectivity index (χ0v) is 17.9. The summed E-state index contributed by atoms with van der Waals surface area (Å²) in [6, 6.07) is 10.6. The number of imide groups is 1. The number of benzene rings is 2. The molecule has 0 spiro atoms. The van der Waals surface area contributed by atoms with Crippen molar-refractivity contribution in [2.45, 2.75) is 19.3 Å². The fraction of sp³-hybridized carbons (Fsp3) is 0.304. The van der Waals surface area contributed by atoms with Crippen molar-refractivity contribution < 1.29 is 24.0 Å². The van der Waals surface area contributed by atoms with Crippen LogP contribution >= 0.6 is 0 Å². The number of nitrogens with zero attached hydrogens (tertiary/aromatic N) is 3. The number of carbonyl (C=O) groups excluding carboxylic acids is 2. The average Bonchev–Trinajstić information content (AvgIpc) is 3.09. The topological polar surface area (TPSA) is 102 Å². The lowest BCUT2D eigenvalue weighted by molar-refractivity contribution is -0.384. The van der Waals surface area contributed by atoms with Crippen molar-refractivity contribution in [3.8, 4) is 11.5 Å². The normalized spacial score (nSPS) is 16.6. The van der Waals surface area contributed by atoms with E-state index in [1.54, 1.807) is 18.2 Å². The summed E-state index contributed by atoms with van der Waals surface area (Å²) in [6.45, 7) is 1.34. The Morgan fingerprint density at radius 3 is 2.12 bits per heavy atom. The second-order valence-corrected chi connectivity index (χ2v) is 7.56. The summed E-state index contributed by atoms with van der Waals surface area (Å²) in [4.78, 5) is 40.7. The first kappa shape index (κ1) is 21.4. The molecule has 0 bridgehead atoms. The molecule has 0 atom stereocenters. The van der Waals surface area contributed by atoms with Crippen LogP contribution in [0.3, 0.4) is 0 Å². The summed E-state index contributed by atoms with van der Waals surface area (Å²) in [5.41, 5.74) is 1.34. The molecule has 2 heterocycles. The first-order valence-corrected chi connectivity index (χ1v) is 10.3. The van der Waals surface area contributed by atoms with Crippen molar-refractivity contribution in [3.63, 3.8) is 0 Å². The van der Waals surface area contributed by atoms with Gasteiger partial charge < -0.3 is 14.4 Å². The van der Waals surface area contributed by atoms with E-state index in [0.29, 0.717) is 41.5 Å². The highest BCUT2D eigenvalue weighted by Gasteiger charge is 2.43. The largest absolute Gasteiger partial charge is 0.493 e. The predicted molar refractivity (Wildman–Crippen MR) is 117 cm³/mol. The average molecular weight is 437 g/mol. The summed E-state index contributed by atoms with van der Waals surface area (Å²) in [6.07, 6.45) is 2.92. The highest BCUT2D eigenvalue weighted by molar-refractivity contribution is 6.45. The van der Waals surface area contributed by atoms with Gasteiger partial charge in [-0.25, -0.2) is 4.90 Å². The number of non-ortho nitro benzene ring substituents is 1. The lowest BCUT2D eigenvalue weighted by Gasteiger charge is -2.29. The van der Waals surface area contributed by atoms with E-state index in [1.165, 1.54) is 38.5 Å². The number of nitro groups is 1. The van der Waals surface area contributed by atoms with Crippen molar-refractivity contribution in [1.82, 2.24) is 4.90 Å². The molecular weight excluding hydrogens is 414 g/mol. The second kappa shape index (κ2) is 8.70. The number of hydrogen-bond donors (Lipinski definition) is 0. The van der Waals surface area contributed by atoms with Crippen molar-refractivity contribution in [2.24, 2.45) is 0 Å². The van der Waals surface area contributed by atoms with E-state index in [1.807, 2.05) is 4.90 Å². The molecule has 9 heteroatoms. The van der Waals surface area contributed by atoms with Crippen LogP contribution < -0.4 is 14.4 Å². The highest BCUT2D eigenvalue weighted by Crippen LogP contribution is 2.39. The number of amides is 2. The maximum absolute atomic E-state index is 13.6. The molecule has 1 fully saturated rings. The number of methoxy groups -OCH3 is 2. The standard InChI is InChI=1S/C23H23N3O6/c1-31-18-11-10-17(14-19(18)32-2)25-22(27)20(15-6-8-16(9-7-15)26(29)30)21(23(25)28)24-12-4-3-5-13-24/h6-11,14H,3-5,12-13H2,1-2H3. The van der Waals surface area contributed by atoms with Gasteiger partial charge in [-0.1, -0.05) is 0 Å². The van der Waals surface area contributed by atoms with E-state index < -0.39 is 16.7 Å². The van der Waals surface area contributed by atoms with Gasteiger partial charge in [-0.2, -0.15) is 0 Å². The SMILES string of the molecule is COc1ccc(N2C(=O)C(c3ccc([N+](=O)[O-])cc3)=C(N3CCCCC3)C2=O)cc1OC. The van der Waals surface area contributed by atoms with Crippen molar-refractivity contribution in [1.29, 1.82) is 0 Å². The Bertz CT molecular complexity index is 1100. The van der Waals surface area contributed by atoms with Crippen LogP contribution in [0.25, 0.3) is 5.57 Å². The van der Waals surface area contributed by atoms with Crippen LogP contribution in [0.1, 0.15) is 24.8 Å². The van der Waals surface area contributed by atoms with Crippen molar-refractivity contribution in [3.05, 3.63) is 63.8 Å². The molecule has 0 saturated carbocycles. The van der Waals surface area contributed by atoms with E-state index >= 15 is 0 Å². The Morgan fingerprint density at radius 2 is 1.53 bits per heavy atom. The molecule has 1 saturated heterocycles. The molecule has 9 nitrogen and oxygen atoms in total. The summed E-state index contributed by atoms with van der Waals surface area (Å²) >= 11 is 0. The van der Waals surface area contributed by atoms with Gasteiger partial charge in [0.05, 0.1) is 30.4 Å². The number of ether oxygens (including phenoxy) is 2. The third-order valence-electron chi connectivity index (χ3n) is 5.72. The molecule has 0 N–H and O–H groups in total. The van der Waals surface area contributed by atoms with Gasteiger partial charge >= 0.3 is 0 Å². The number of carbonyl (C=O) groups is 2. The van der Waals surface area contributed by atoms with Crippen LogP contribution in [0.15, 0.2) is 48.2 Å². The Kier molecular flexibility index (Phi) is 5.81. The monoisotopic (exact) mass is 437 g/mol. The van der Waals surface area contributed by atoms with Gasteiger partial charge in [0.2, 0.25) is 0 Å². The van der Waals surface area contributed by atoms with Gasteiger partial charge in [-0.15, -0.1) is 0 Å². The minimum atomic E-state index is -0.499. The fourth-order valence-corrected chi connectivity index (χ4v) is 4.14. The van der Waals surface area contributed by atoms with Crippen LogP contribution in [0, 0.1) is 10.1 Å². The van der Waals surface area contributed by atoms with Crippen LogP contribution in [0.5, 0.6) is 11.5 Å². The molecule has 0 radical (unpaired) electrons. The van der Waals surface area contributed by atoms with Crippen LogP contribution in [0.4, 0.5) is 11.4 Å². The zero-order chi connectivity index (χ0) is 22.8. The Balaban J connectivity index is 1.80. The van der Waals surface area contributed by atoms with Gasteiger partial charge in [-0.3, -0.25) is 19.7 Å². The highest BCUT2D eigenvalue weighted by atomic mass is 16.6. The minimum absolute atomic E-state index is 0.0811. The summed E-state index contributed by atoms with van der Waals surface area (Å²) in [5.74, 6) is -0.0156. The van der Waals surface area contributed by atoms with Crippen molar-refractivity contribution in [2.75, 3.05) is 32.2 Å². The first-order valence-electron chi connectivity index (χ1n) is 10.3. The molecule has 0 aromatic heterocycles. The molecule has 2 aromatic rings. The van der Waals surface area contributed by atoms with E-state index in [0.717, 1.165) is 24.2 Å². The number of likely N-dealkylation sites (tertiary alicyclic amines) is 1. The Hall–Kier alpha value is -3.88. The molecule has 0 aliphatic carbocycles. The molecule has 0 unspecified atom stereocenters. The van der Waals surface area contributed by atoms with E-state index in [2.05, 4.69) is 0 Å². The second-order valence-electron chi connectivity index (χ2n) is 7.56. The molecule has 2 amide bonds. The predicted octanol–water partition coefficient (Wildman–Crippen LogP) is 3.38. The van der Waals surface area contributed by atoms with Crippen LogP contribution in [-0.4, -0.2) is 48.9 Å². The van der Waals surface area contributed by atoms with E-state index in [9.17, 15) is 19.7 Å². The third-order valence-corrected chi connectivity index (χ3v) is 5.72. The molecular formula is C23H23N3O6. The maximum atomic E-state index is 13.6. The summed E-state index contributed by atoms with van der Waals surface area (Å²) in [5, 5.41) is 11.0. The van der Waals surface area contributed by atoms with E-state index in [-0.39, 0.29) is 11.3 Å². The van der Waals surface area contributed by atoms with E-state index in [4.69, 9.17) is 9.47 Å². The molecule has 32 heavy (non-hydrogen) atoms. The molecule has 166 valence electrons. The minimum Gasteiger partial charge on any atom is -0.493 e. The van der Waals surface area contributed by atoms with Gasteiger partial charge in [0.15, 0.2) is 11.5 Å². The zero-order valence-electron chi connectivity index (χ0n) is 17.9. The van der Waals surface area contributed by atoms with Crippen LogP contribution in [-0.2, 0) is 9.59 Å². The summed E-state index contributed by atoms with van der Waals surface area (Å²) in [7, 11) is 2.99. The van der Waals surface area contributed by atoms with Gasteiger partial charge in [0.1, 0.15) is 5.70 Å². The Labute approximate surface area is 185 Å². The number of rotatable bonds is 6. The molecule has 2 aliphatic rings. The Morgan fingerprint density at radius 1 is 0.875 bits per heavy atom. The maximum Gasteiger partial charge on any atom is 0.282 e. The third kappa shape index (κ3) is 3.66. The lowest BCUT2D eigenvalue weighted by Crippen LogP contribution is -2.37. The number of nitro benzene ring substituents is 1. The number of hydrogen-bond acceptors (Lipinski definition) is 7. The van der Waals surface area contributed by atoms with Crippen LogP contribution in [0.2, 0.25) is 0 Å². The van der Waals surface area contributed by atoms with Gasteiger partial charge in [-0.05, 0) is 49.1 Å². The molecule has 4 rings (SSSR count). The number of anilines is 1.